The van der Waals surface area contributed by atoms with Crippen molar-refractivity contribution in [2.45, 2.75) is 12.5 Å². The Balaban J connectivity index is 1.98. The number of ether oxygens (including phenoxy) is 1. The van der Waals surface area contributed by atoms with Crippen LogP contribution in [0.25, 0.3) is 0 Å². The summed E-state index contributed by atoms with van der Waals surface area (Å²) in [5.74, 6) is 1.09. The van der Waals surface area contributed by atoms with Crippen LogP contribution in [0.3, 0.4) is 0 Å². The Hall–Kier alpha value is -2.14. The molecule has 0 fully saturated rings. The van der Waals surface area contributed by atoms with Gasteiger partial charge in [0.1, 0.15) is 0 Å². The summed E-state index contributed by atoms with van der Waals surface area (Å²) in [6.45, 7) is 0.0181. The molecule has 5 heteroatoms. The van der Waals surface area contributed by atoms with Gasteiger partial charge in [0.2, 0.25) is 5.95 Å². The highest BCUT2D eigenvalue weighted by Gasteiger charge is 2.09. The summed E-state index contributed by atoms with van der Waals surface area (Å²) >= 11 is 0. The van der Waals surface area contributed by atoms with E-state index in [2.05, 4.69) is 15.3 Å². The molecule has 2 N–H and O–H groups in total. The Bertz CT molecular complexity index is 488. The maximum Gasteiger partial charge on any atom is 0.223 e. The lowest BCUT2D eigenvalue weighted by molar-refractivity contribution is 0.273. The molecule has 1 atom stereocenters. The molecule has 0 aliphatic rings. The van der Waals surface area contributed by atoms with Crippen LogP contribution in [0.1, 0.15) is 5.56 Å². The SMILES string of the molecule is COc1cnc(NC(CO)Cc2ccccc2)nc1. The molecule has 0 bridgehead atoms. The predicted molar refractivity (Wildman–Crippen MR) is 73.2 cm³/mol. The van der Waals surface area contributed by atoms with Crippen molar-refractivity contribution in [1.29, 1.82) is 0 Å². The molecule has 1 heterocycles. The van der Waals surface area contributed by atoms with Crippen molar-refractivity contribution in [2.24, 2.45) is 0 Å². The van der Waals surface area contributed by atoms with Crippen LogP contribution in [0.4, 0.5) is 5.95 Å². The molecule has 1 aromatic carbocycles. The van der Waals surface area contributed by atoms with Crippen molar-refractivity contribution in [3.63, 3.8) is 0 Å². The zero-order valence-corrected chi connectivity index (χ0v) is 10.8. The van der Waals surface area contributed by atoms with Gasteiger partial charge in [0.05, 0.1) is 32.2 Å². The van der Waals surface area contributed by atoms with E-state index in [4.69, 9.17) is 4.74 Å². The van der Waals surface area contributed by atoms with E-state index in [0.29, 0.717) is 18.1 Å². The Kier molecular flexibility index (Phi) is 4.69. The van der Waals surface area contributed by atoms with Gasteiger partial charge in [-0.15, -0.1) is 0 Å². The van der Waals surface area contributed by atoms with Gasteiger partial charge < -0.3 is 15.2 Å². The first-order valence-corrected chi connectivity index (χ1v) is 6.09. The summed E-state index contributed by atoms with van der Waals surface area (Å²) in [6.07, 6.45) is 3.89. The molecule has 0 radical (unpaired) electrons. The normalized spacial score (nSPS) is 11.9. The zero-order valence-electron chi connectivity index (χ0n) is 10.8. The lowest BCUT2D eigenvalue weighted by Gasteiger charge is -2.16. The van der Waals surface area contributed by atoms with Gasteiger partial charge >= 0.3 is 0 Å². The quantitative estimate of drug-likeness (QED) is 0.823. The fourth-order valence-corrected chi connectivity index (χ4v) is 1.74. The van der Waals surface area contributed by atoms with Crippen LogP contribution in [0, 0.1) is 0 Å². The molecule has 100 valence electrons. The lowest BCUT2D eigenvalue weighted by Crippen LogP contribution is -2.27. The van der Waals surface area contributed by atoms with Crippen LogP contribution in [-0.4, -0.2) is 34.8 Å². The second kappa shape index (κ2) is 6.70. The minimum Gasteiger partial charge on any atom is -0.494 e. The van der Waals surface area contributed by atoms with Crippen molar-refractivity contribution in [1.82, 2.24) is 9.97 Å². The van der Waals surface area contributed by atoms with Crippen molar-refractivity contribution >= 4 is 5.95 Å². The van der Waals surface area contributed by atoms with E-state index in [1.165, 1.54) is 0 Å². The van der Waals surface area contributed by atoms with Crippen molar-refractivity contribution < 1.29 is 9.84 Å². The number of hydrogen-bond acceptors (Lipinski definition) is 5. The summed E-state index contributed by atoms with van der Waals surface area (Å²) in [7, 11) is 1.57. The first kappa shape index (κ1) is 13.3. The Morgan fingerprint density at radius 2 is 1.89 bits per heavy atom. The van der Waals surface area contributed by atoms with Crippen LogP contribution >= 0.6 is 0 Å². The number of rotatable bonds is 6. The van der Waals surface area contributed by atoms with Crippen molar-refractivity contribution in [3.8, 4) is 5.75 Å². The number of aliphatic hydroxyl groups excluding tert-OH is 1. The standard InChI is InChI=1S/C14H17N3O2/c1-19-13-8-15-14(16-9-13)17-12(10-18)7-11-5-3-2-4-6-11/h2-6,8-9,12,18H,7,10H2,1H3,(H,15,16,17). The van der Waals surface area contributed by atoms with E-state index in [9.17, 15) is 5.11 Å². The van der Waals surface area contributed by atoms with Crippen molar-refractivity contribution in [3.05, 3.63) is 48.3 Å². The molecule has 0 aliphatic heterocycles. The second-order valence-corrected chi connectivity index (χ2v) is 4.16. The third-order valence-corrected chi connectivity index (χ3v) is 2.74. The molecule has 0 spiro atoms. The molecule has 0 saturated carbocycles. The smallest absolute Gasteiger partial charge is 0.223 e. The molecule has 1 unspecified atom stereocenters. The van der Waals surface area contributed by atoms with Gasteiger partial charge in [0, 0.05) is 0 Å². The maximum absolute atomic E-state index is 9.41. The molecule has 1 aromatic heterocycles. The highest BCUT2D eigenvalue weighted by atomic mass is 16.5. The summed E-state index contributed by atoms with van der Waals surface area (Å²) in [4.78, 5) is 8.24. The number of nitrogens with one attached hydrogen (secondary N) is 1. The summed E-state index contributed by atoms with van der Waals surface area (Å²) in [5.41, 5.74) is 1.16. The maximum atomic E-state index is 9.41. The van der Waals surface area contributed by atoms with E-state index in [-0.39, 0.29) is 12.6 Å². The zero-order chi connectivity index (χ0) is 13.5. The molecule has 2 aromatic rings. The van der Waals surface area contributed by atoms with Crippen LogP contribution in [0.5, 0.6) is 5.75 Å². The van der Waals surface area contributed by atoms with Gasteiger partial charge in [-0.3, -0.25) is 0 Å². The average Bonchev–Trinajstić information content (AvgIpc) is 2.48. The number of anilines is 1. The lowest BCUT2D eigenvalue weighted by atomic mass is 10.1. The number of benzene rings is 1. The number of nitrogens with zero attached hydrogens (tertiary/aromatic N) is 2. The van der Waals surface area contributed by atoms with Crippen molar-refractivity contribution in [2.75, 3.05) is 19.0 Å². The molecule has 0 aliphatic carbocycles. The summed E-state index contributed by atoms with van der Waals surface area (Å²) in [5, 5.41) is 12.5. The Morgan fingerprint density at radius 1 is 1.21 bits per heavy atom. The molecular weight excluding hydrogens is 242 g/mol. The highest BCUT2D eigenvalue weighted by Crippen LogP contribution is 2.10. The number of hydrogen-bond donors (Lipinski definition) is 2. The van der Waals surface area contributed by atoms with Gasteiger partial charge in [0.15, 0.2) is 5.75 Å². The largest absolute Gasteiger partial charge is 0.494 e. The van der Waals surface area contributed by atoms with Gasteiger partial charge in [-0.2, -0.15) is 0 Å². The minimum absolute atomic E-state index is 0.0181. The first-order chi connectivity index (χ1) is 9.31. The third-order valence-electron chi connectivity index (χ3n) is 2.74. The van der Waals surface area contributed by atoms with E-state index < -0.39 is 0 Å². The predicted octanol–water partition coefficient (Wildman–Crippen LogP) is 1.50. The fourth-order valence-electron chi connectivity index (χ4n) is 1.74. The molecule has 0 saturated heterocycles. The van der Waals surface area contributed by atoms with Gasteiger partial charge in [0.25, 0.3) is 0 Å². The Morgan fingerprint density at radius 3 is 2.47 bits per heavy atom. The number of aliphatic hydroxyl groups is 1. The van der Waals surface area contributed by atoms with Gasteiger partial charge in [-0.25, -0.2) is 9.97 Å². The van der Waals surface area contributed by atoms with Crippen LogP contribution in [-0.2, 0) is 6.42 Å². The summed E-state index contributed by atoms with van der Waals surface area (Å²) < 4.78 is 4.99. The van der Waals surface area contributed by atoms with E-state index >= 15 is 0 Å². The van der Waals surface area contributed by atoms with E-state index in [1.54, 1.807) is 19.5 Å². The first-order valence-electron chi connectivity index (χ1n) is 6.09. The van der Waals surface area contributed by atoms with Crippen LogP contribution < -0.4 is 10.1 Å². The van der Waals surface area contributed by atoms with Crippen LogP contribution in [0.15, 0.2) is 42.7 Å². The van der Waals surface area contributed by atoms with Gasteiger partial charge in [-0.05, 0) is 12.0 Å². The minimum atomic E-state index is -0.115. The average molecular weight is 259 g/mol. The molecular formula is C14H17N3O2. The molecule has 5 nitrogen and oxygen atoms in total. The summed E-state index contributed by atoms with van der Waals surface area (Å²) in [6, 6.07) is 9.87. The van der Waals surface area contributed by atoms with E-state index in [1.807, 2.05) is 30.3 Å². The monoisotopic (exact) mass is 259 g/mol. The Labute approximate surface area is 112 Å². The number of aromatic nitrogens is 2. The second-order valence-electron chi connectivity index (χ2n) is 4.16. The third kappa shape index (κ3) is 3.93. The molecule has 0 amide bonds. The van der Waals surface area contributed by atoms with Gasteiger partial charge in [-0.1, -0.05) is 30.3 Å². The number of methoxy groups -OCH3 is 1. The fraction of sp³-hybridized carbons (Fsp3) is 0.286. The molecule has 19 heavy (non-hydrogen) atoms. The molecule has 2 rings (SSSR count). The van der Waals surface area contributed by atoms with Crippen LogP contribution in [0.2, 0.25) is 0 Å². The van der Waals surface area contributed by atoms with E-state index in [0.717, 1.165) is 5.56 Å². The highest BCUT2D eigenvalue weighted by molar-refractivity contribution is 5.29. The topological polar surface area (TPSA) is 67.3 Å².